The van der Waals surface area contributed by atoms with Gasteiger partial charge in [-0.05, 0) is 68.5 Å². The highest BCUT2D eigenvalue weighted by Gasteiger charge is 2.17. The van der Waals surface area contributed by atoms with E-state index in [-0.39, 0.29) is 5.92 Å². The summed E-state index contributed by atoms with van der Waals surface area (Å²) >= 11 is 0. The lowest BCUT2D eigenvalue weighted by Gasteiger charge is -2.15. The highest BCUT2D eigenvalue weighted by molar-refractivity contribution is 5.70. The molecule has 0 aliphatic heterocycles. The summed E-state index contributed by atoms with van der Waals surface area (Å²) in [5.41, 5.74) is 5.29. The van der Waals surface area contributed by atoms with Crippen molar-refractivity contribution < 1.29 is 19.1 Å². The number of carbonyl (C=O) groups is 1. The number of aromatic nitrogens is 1. The summed E-state index contributed by atoms with van der Waals surface area (Å²) in [7, 11) is 0. The summed E-state index contributed by atoms with van der Waals surface area (Å²) in [6.45, 7) is 8.47. The predicted molar refractivity (Wildman–Crippen MR) is 122 cm³/mol. The quantitative estimate of drug-likeness (QED) is 0.448. The molecule has 3 aromatic rings. The summed E-state index contributed by atoms with van der Waals surface area (Å²) in [5, 5.41) is 9.35. The molecule has 0 saturated carbocycles. The molecular weight excluding hydrogens is 390 g/mol. The van der Waals surface area contributed by atoms with Crippen LogP contribution in [0.1, 0.15) is 48.4 Å². The number of hydrogen-bond donors (Lipinski definition) is 1. The fourth-order valence-corrected chi connectivity index (χ4v) is 3.64. The first kappa shape index (κ1) is 22.6. The molecule has 0 saturated heterocycles. The van der Waals surface area contributed by atoms with Gasteiger partial charge in [-0.3, -0.25) is 4.79 Å². The molecule has 0 spiro atoms. The van der Waals surface area contributed by atoms with Crippen molar-refractivity contribution in [2.75, 3.05) is 6.61 Å². The van der Waals surface area contributed by atoms with E-state index in [0.29, 0.717) is 31.8 Å². The van der Waals surface area contributed by atoms with Gasteiger partial charge in [0.25, 0.3) is 0 Å². The van der Waals surface area contributed by atoms with Gasteiger partial charge >= 0.3 is 5.97 Å². The molecule has 1 aromatic heterocycles. The second-order valence-corrected chi connectivity index (χ2v) is 7.92. The number of hydrogen-bond acceptors (Lipinski definition) is 4. The zero-order valence-corrected chi connectivity index (χ0v) is 18.8. The smallest absolute Gasteiger partial charge is 0.306 e. The van der Waals surface area contributed by atoms with Gasteiger partial charge in [-0.1, -0.05) is 37.6 Å². The van der Waals surface area contributed by atoms with Crippen LogP contribution >= 0.6 is 0 Å². The topological polar surface area (TPSA) is 72.6 Å². The third-order valence-corrected chi connectivity index (χ3v) is 5.67. The summed E-state index contributed by atoms with van der Waals surface area (Å²) < 4.78 is 11.8. The first-order valence-electron chi connectivity index (χ1n) is 10.9. The molecule has 164 valence electrons. The Labute approximate surface area is 184 Å². The van der Waals surface area contributed by atoms with E-state index in [1.165, 1.54) is 5.56 Å². The molecule has 0 radical (unpaired) electrons. The molecule has 0 aliphatic rings. The third-order valence-electron chi connectivity index (χ3n) is 5.67. The van der Waals surface area contributed by atoms with Gasteiger partial charge in [0.1, 0.15) is 11.5 Å². The van der Waals surface area contributed by atoms with E-state index in [1.807, 2.05) is 56.3 Å². The van der Waals surface area contributed by atoms with E-state index < -0.39 is 5.97 Å². The Hall–Kier alpha value is -3.08. The van der Waals surface area contributed by atoms with Crippen molar-refractivity contribution in [1.29, 1.82) is 0 Å². The number of carboxylic acid groups (broad SMARTS) is 1. The van der Waals surface area contributed by atoms with Crippen LogP contribution in [-0.2, 0) is 24.1 Å². The zero-order chi connectivity index (χ0) is 22.4. The van der Waals surface area contributed by atoms with Crippen molar-refractivity contribution >= 4 is 5.97 Å². The molecule has 31 heavy (non-hydrogen) atoms. The summed E-state index contributed by atoms with van der Waals surface area (Å²) in [4.78, 5) is 16.0. The molecule has 5 nitrogen and oxygen atoms in total. The number of rotatable bonds is 10. The van der Waals surface area contributed by atoms with Gasteiger partial charge in [-0.25, -0.2) is 4.98 Å². The monoisotopic (exact) mass is 421 g/mol. The first-order valence-corrected chi connectivity index (χ1v) is 10.9. The standard InChI is InChI=1S/C26H31NO4/c1-5-19-16-23(12-11-22(19)15-20(6-2)26(28)29)30-14-13-24-18(4)31-25(27-24)21-9-7-17(3)8-10-21/h7-12,16,20H,5-6,13-15H2,1-4H3,(H,28,29)/t20-/m0/s1. The molecule has 3 rings (SSSR count). The molecular formula is C26H31NO4. The number of aryl methyl sites for hydroxylation is 3. The van der Waals surface area contributed by atoms with Crippen molar-refractivity contribution in [2.45, 2.75) is 53.4 Å². The van der Waals surface area contributed by atoms with Gasteiger partial charge in [0.2, 0.25) is 5.89 Å². The fourth-order valence-electron chi connectivity index (χ4n) is 3.64. The Balaban J connectivity index is 1.63. The normalized spacial score (nSPS) is 12.0. The van der Waals surface area contributed by atoms with Gasteiger partial charge < -0.3 is 14.3 Å². The largest absolute Gasteiger partial charge is 0.493 e. The summed E-state index contributed by atoms with van der Waals surface area (Å²) in [5.74, 6) is 1.15. The van der Waals surface area contributed by atoms with Gasteiger partial charge in [-0.15, -0.1) is 0 Å². The number of oxazole rings is 1. The Morgan fingerprint density at radius 3 is 2.48 bits per heavy atom. The second-order valence-electron chi connectivity index (χ2n) is 7.92. The lowest BCUT2D eigenvalue weighted by molar-refractivity contribution is -0.141. The number of aliphatic carboxylic acids is 1. The van der Waals surface area contributed by atoms with Crippen molar-refractivity contribution in [3.05, 3.63) is 70.6 Å². The predicted octanol–water partition coefficient (Wildman–Crippen LogP) is 5.80. The van der Waals surface area contributed by atoms with Crippen LogP contribution in [0.5, 0.6) is 5.75 Å². The molecule has 1 N–H and O–H groups in total. The van der Waals surface area contributed by atoms with Gasteiger partial charge in [0.05, 0.1) is 18.2 Å². The SMILES string of the molecule is CCc1cc(OCCc2nc(-c3ccc(C)cc3)oc2C)ccc1C[C@H](CC)C(=O)O. The van der Waals surface area contributed by atoms with Crippen LogP contribution in [-0.4, -0.2) is 22.7 Å². The molecule has 0 aliphatic carbocycles. The minimum Gasteiger partial charge on any atom is -0.493 e. The average Bonchev–Trinajstić information content (AvgIpc) is 3.13. The molecule has 1 heterocycles. The molecule has 2 aromatic carbocycles. The van der Waals surface area contributed by atoms with Crippen molar-refractivity contribution in [1.82, 2.24) is 4.98 Å². The molecule has 0 amide bonds. The van der Waals surface area contributed by atoms with Crippen molar-refractivity contribution in [3.63, 3.8) is 0 Å². The van der Waals surface area contributed by atoms with E-state index >= 15 is 0 Å². The number of carboxylic acids is 1. The van der Waals surface area contributed by atoms with Gasteiger partial charge in [0.15, 0.2) is 0 Å². The molecule has 1 atom stereocenters. The minimum atomic E-state index is -0.738. The Morgan fingerprint density at radius 2 is 1.84 bits per heavy atom. The van der Waals surface area contributed by atoms with Crippen molar-refractivity contribution in [2.24, 2.45) is 5.92 Å². The lowest BCUT2D eigenvalue weighted by atomic mass is 9.93. The van der Waals surface area contributed by atoms with E-state index in [9.17, 15) is 9.90 Å². The first-order chi connectivity index (χ1) is 14.9. The highest BCUT2D eigenvalue weighted by atomic mass is 16.5. The summed E-state index contributed by atoms with van der Waals surface area (Å²) in [6.07, 6.45) is 2.67. The van der Waals surface area contributed by atoms with Gasteiger partial charge in [-0.2, -0.15) is 0 Å². The lowest BCUT2D eigenvalue weighted by Crippen LogP contribution is -2.16. The van der Waals surface area contributed by atoms with E-state index in [1.54, 1.807) is 0 Å². The van der Waals surface area contributed by atoms with Gasteiger partial charge in [0, 0.05) is 12.0 Å². The minimum absolute atomic E-state index is 0.352. The fraction of sp³-hybridized carbons (Fsp3) is 0.385. The maximum atomic E-state index is 11.4. The van der Waals surface area contributed by atoms with Crippen LogP contribution in [0, 0.1) is 19.8 Å². The maximum Gasteiger partial charge on any atom is 0.306 e. The van der Waals surface area contributed by atoms with E-state index in [4.69, 9.17) is 9.15 Å². The number of nitrogens with zero attached hydrogens (tertiary/aromatic N) is 1. The molecule has 0 fully saturated rings. The van der Waals surface area contributed by atoms with E-state index in [0.717, 1.165) is 40.3 Å². The average molecular weight is 422 g/mol. The number of ether oxygens (including phenoxy) is 1. The zero-order valence-electron chi connectivity index (χ0n) is 18.8. The van der Waals surface area contributed by atoms with Crippen molar-refractivity contribution in [3.8, 4) is 17.2 Å². The van der Waals surface area contributed by atoms with Crippen LogP contribution in [0.25, 0.3) is 11.5 Å². The number of benzene rings is 2. The molecule has 0 bridgehead atoms. The second kappa shape index (κ2) is 10.3. The van der Waals surface area contributed by atoms with E-state index in [2.05, 4.69) is 18.8 Å². The molecule has 5 heteroatoms. The van der Waals surface area contributed by atoms with Crippen LogP contribution < -0.4 is 4.74 Å². The Kier molecular flexibility index (Phi) is 7.50. The highest BCUT2D eigenvalue weighted by Crippen LogP contribution is 2.24. The van der Waals surface area contributed by atoms with Crippen LogP contribution in [0.2, 0.25) is 0 Å². The molecule has 0 unspecified atom stereocenters. The maximum absolute atomic E-state index is 11.4. The van der Waals surface area contributed by atoms with Crippen LogP contribution in [0.3, 0.4) is 0 Å². The third kappa shape index (κ3) is 5.75. The Bertz CT molecular complexity index is 1020. The Morgan fingerprint density at radius 1 is 1.10 bits per heavy atom. The van der Waals surface area contributed by atoms with Crippen LogP contribution in [0.15, 0.2) is 46.9 Å². The van der Waals surface area contributed by atoms with Crippen LogP contribution in [0.4, 0.5) is 0 Å². The summed E-state index contributed by atoms with van der Waals surface area (Å²) in [6, 6.07) is 14.1.